The molecule has 1 aromatic carbocycles. The van der Waals surface area contributed by atoms with E-state index < -0.39 is 0 Å². The monoisotopic (exact) mass is 181 g/mol. The first-order valence-electron chi connectivity index (χ1n) is 3.87. The van der Waals surface area contributed by atoms with Crippen LogP contribution in [0.4, 0.5) is 0 Å². The quantitative estimate of drug-likeness (QED) is 0.671. The highest BCUT2D eigenvalue weighted by atomic mass is 32.2. The predicted octanol–water partition coefficient (Wildman–Crippen LogP) is 1.80. The van der Waals surface area contributed by atoms with Crippen LogP contribution in [0.5, 0.6) is 5.75 Å². The Kier molecular flexibility index (Phi) is 1.98. The van der Waals surface area contributed by atoms with Crippen LogP contribution in [0.3, 0.4) is 0 Å². The van der Waals surface area contributed by atoms with E-state index >= 15 is 0 Å². The Balaban J connectivity index is 2.43. The number of hydrogen-bond donors (Lipinski definition) is 1. The molecule has 0 saturated carbocycles. The molecule has 2 nitrogen and oxygen atoms in total. The van der Waals surface area contributed by atoms with E-state index in [0.29, 0.717) is 6.61 Å². The number of ether oxygens (including phenoxy) is 1. The molecule has 1 heterocycles. The van der Waals surface area contributed by atoms with Crippen molar-refractivity contribution >= 4 is 11.8 Å². The molecule has 0 spiro atoms. The van der Waals surface area contributed by atoms with E-state index in [0.717, 1.165) is 11.3 Å². The van der Waals surface area contributed by atoms with Gasteiger partial charge in [0, 0.05) is 10.5 Å². The van der Waals surface area contributed by atoms with Crippen LogP contribution in [0.15, 0.2) is 23.1 Å². The lowest BCUT2D eigenvalue weighted by molar-refractivity contribution is 0.333. The largest absolute Gasteiger partial charge is 0.491 e. The zero-order valence-electron chi connectivity index (χ0n) is 6.91. The van der Waals surface area contributed by atoms with Crippen molar-refractivity contribution in [1.29, 1.82) is 0 Å². The van der Waals surface area contributed by atoms with Crippen LogP contribution in [-0.4, -0.2) is 12.9 Å². The van der Waals surface area contributed by atoms with Crippen LogP contribution < -0.4 is 10.5 Å². The highest BCUT2D eigenvalue weighted by Gasteiger charge is 2.20. The van der Waals surface area contributed by atoms with E-state index in [1.54, 1.807) is 11.8 Å². The van der Waals surface area contributed by atoms with E-state index in [9.17, 15) is 0 Å². The molecule has 1 atom stereocenters. The smallest absolute Gasteiger partial charge is 0.124 e. The molecule has 2 N–H and O–H groups in total. The third kappa shape index (κ3) is 1.19. The maximum atomic E-state index is 5.84. The van der Waals surface area contributed by atoms with Crippen molar-refractivity contribution in [2.75, 3.05) is 12.9 Å². The SMILES string of the molecule is CSc1ccc2c(c1)C(N)CO2. The molecule has 0 saturated heterocycles. The van der Waals surface area contributed by atoms with Crippen LogP contribution in [0.1, 0.15) is 11.6 Å². The van der Waals surface area contributed by atoms with Crippen molar-refractivity contribution in [2.45, 2.75) is 10.9 Å². The van der Waals surface area contributed by atoms with Crippen molar-refractivity contribution in [3.63, 3.8) is 0 Å². The van der Waals surface area contributed by atoms with Gasteiger partial charge in [-0.3, -0.25) is 0 Å². The number of nitrogens with two attached hydrogens (primary N) is 1. The van der Waals surface area contributed by atoms with E-state index in [1.807, 2.05) is 6.07 Å². The van der Waals surface area contributed by atoms with Gasteiger partial charge in [-0.25, -0.2) is 0 Å². The van der Waals surface area contributed by atoms with Crippen LogP contribution in [0, 0.1) is 0 Å². The molecule has 1 aliphatic heterocycles. The summed E-state index contributed by atoms with van der Waals surface area (Å²) in [6.45, 7) is 0.618. The second kappa shape index (κ2) is 2.99. The summed E-state index contributed by atoms with van der Waals surface area (Å²) in [7, 11) is 0. The molecule has 3 heteroatoms. The van der Waals surface area contributed by atoms with Crippen molar-refractivity contribution in [3.8, 4) is 5.75 Å². The number of rotatable bonds is 1. The molecule has 1 unspecified atom stereocenters. The van der Waals surface area contributed by atoms with Gasteiger partial charge in [-0.15, -0.1) is 11.8 Å². The van der Waals surface area contributed by atoms with Gasteiger partial charge in [0.15, 0.2) is 0 Å². The van der Waals surface area contributed by atoms with Gasteiger partial charge in [0.25, 0.3) is 0 Å². The van der Waals surface area contributed by atoms with E-state index in [4.69, 9.17) is 10.5 Å². The maximum absolute atomic E-state index is 5.84. The van der Waals surface area contributed by atoms with Crippen molar-refractivity contribution in [1.82, 2.24) is 0 Å². The Bertz CT molecular complexity index is 301. The van der Waals surface area contributed by atoms with E-state index in [-0.39, 0.29) is 6.04 Å². The zero-order valence-corrected chi connectivity index (χ0v) is 7.73. The highest BCUT2D eigenvalue weighted by molar-refractivity contribution is 7.98. The third-order valence-electron chi connectivity index (χ3n) is 2.03. The Morgan fingerprint density at radius 2 is 2.42 bits per heavy atom. The molecule has 1 aliphatic rings. The minimum Gasteiger partial charge on any atom is -0.491 e. The van der Waals surface area contributed by atoms with Crippen LogP contribution in [0.25, 0.3) is 0 Å². The molecule has 12 heavy (non-hydrogen) atoms. The average molecular weight is 181 g/mol. The molecule has 2 rings (SSSR count). The normalized spacial score (nSPS) is 20.3. The number of fused-ring (bicyclic) bond motifs is 1. The summed E-state index contributed by atoms with van der Waals surface area (Å²) in [5, 5.41) is 0. The fourth-order valence-electron chi connectivity index (χ4n) is 1.34. The molecule has 1 aromatic rings. The van der Waals surface area contributed by atoms with Gasteiger partial charge in [0.2, 0.25) is 0 Å². The molecule has 0 aromatic heterocycles. The van der Waals surface area contributed by atoms with Gasteiger partial charge in [0.05, 0.1) is 6.04 Å². The van der Waals surface area contributed by atoms with Gasteiger partial charge in [-0.05, 0) is 24.5 Å². The standard InChI is InChI=1S/C9H11NOS/c1-12-6-2-3-9-7(4-6)8(10)5-11-9/h2-4,8H,5,10H2,1H3. The van der Waals surface area contributed by atoms with E-state index in [2.05, 4.69) is 18.4 Å². The summed E-state index contributed by atoms with van der Waals surface area (Å²) < 4.78 is 5.38. The molecule has 0 fully saturated rings. The maximum Gasteiger partial charge on any atom is 0.124 e. The van der Waals surface area contributed by atoms with Crippen LogP contribution in [0.2, 0.25) is 0 Å². The van der Waals surface area contributed by atoms with Crippen molar-refractivity contribution in [2.24, 2.45) is 5.73 Å². The molecular formula is C9H11NOS. The van der Waals surface area contributed by atoms with Crippen LogP contribution >= 0.6 is 11.8 Å². The fourth-order valence-corrected chi connectivity index (χ4v) is 1.79. The van der Waals surface area contributed by atoms with Gasteiger partial charge < -0.3 is 10.5 Å². The molecule has 0 aliphatic carbocycles. The Morgan fingerprint density at radius 1 is 1.58 bits per heavy atom. The highest BCUT2D eigenvalue weighted by Crippen LogP contribution is 2.33. The van der Waals surface area contributed by atoms with Crippen molar-refractivity contribution < 1.29 is 4.74 Å². The Morgan fingerprint density at radius 3 is 3.17 bits per heavy atom. The Labute approximate surface area is 76.1 Å². The summed E-state index contributed by atoms with van der Waals surface area (Å²) in [4.78, 5) is 1.25. The summed E-state index contributed by atoms with van der Waals surface area (Å²) in [5.41, 5.74) is 6.98. The van der Waals surface area contributed by atoms with E-state index in [1.165, 1.54) is 4.90 Å². The number of hydrogen-bond acceptors (Lipinski definition) is 3. The summed E-state index contributed by atoms with van der Waals surface area (Å²) in [6, 6.07) is 6.22. The fraction of sp³-hybridized carbons (Fsp3) is 0.333. The second-order valence-electron chi connectivity index (χ2n) is 2.82. The summed E-state index contributed by atoms with van der Waals surface area (Å²) in [6.07, 6.45) is 2.06. The van der Waals surface area contributed by atoms with Gasteiger partial charge in [0.1, 0.15) is 12.4 Å². The third-order valence-corrected chi connectivity index (χ3v) is 2.76. The topological polar surface area (TPSA) is 35.2 Å². The van der Waals surface area contributed by atoms with Crippen LogP contribution in [-0.2, 0) is 0 Å². The first-order valence-corrected chi connectivity index (χ1v) is 5.10. The molecule has 0 radical (unpaired) electrons. The summed E-state index contributed by atoms with van der Waals surface area (Å²) >= 11 is 1.73. The zero-order chi connectivity index (χ0) is 8.55. The second-order valence-corrected chi connectivity index (χ2v) is 3.70. The summed E-state index contributed by atoms with van der Waals surface area (Å²) in [5.74, 6) is 0.945. The molecular weight excluding hydrogens is 170 g/mol. The lowest BCUT2D eigenvalue weighted by Crippen LogP contribution is -2.10. The van der Waals surface area contributed by atoms with Gasteiger partial charge >= 0.3 is 0 Å². The Hall–Kier alpha value is -0.670. The minimum absolute atomic E-state index is 0.0621. The van der Waals surface area contributed by atoms with Gasteiger partial charge in [-0.2, -0.15) is 0 Å². The van der Waals surface area contributed by atoms with Gasteiger partial charge in [-0.1, -0.05) is 0 Å². The first-order chi connectivity index (χ1) is 5.81. The number of benzene rings is 1. The number of thioether (sulfide) groups is 1. The minimum atomic E-state index is 0.0621. The molecule has 64 valence electrons. The average Bonchev–Trinajstić information content (AvgIpc) is 2.47. The first kappa shape index (κ1) is 7.95. The lowest BCUT2D eigenvalue weighted by Gasteiger charge is -2.02. The molecule has 0 amide bonds. The lowest BCUT2D eigenvalue weighted by atomic mass is 10.1. The molecule has 0 bridgehead atoms. The predicted molar refractivity (Wildman–Crippen MR) is 50.6 cm³/mol. The van der Waals surface area contributed by atoms with Crippen molar-refractivity contribution in [3.05, 3.63) is 23.8 Å².